The normalized spacial score (nSPS) is 14.3. The first kappa shape index (κ1) is 16.2. The molecular formula is C19H17F2NO2. The van der Waals surface area contributed by atoms with Crippen molar-refractivity contribution in [1.82, 2.24) is 5.32 Å². The summed E-state index contributed by atoms with van der Waals surface area (Å²) in [5, 5.41) is 2.83. The third kappa shape index (κ3) is 3.62. The first-order chi connectivity index (χ1) is 11.5. The van der Waals surface area contributed by atoms with Gasteiger partial charge in [-0.2, -0.15) is 0 Å². The molecule has 3 rings (SSSR count). The van der Waals surface area contributed by atoms with E-state index >= 15 is 0 Å². The molecule has 0 spiro atoms. The summed E-state index contributed by atoms with van der Waals surface area (Å²) in [6.07, 6.45) is 3.43. The number of fused-ring (bicyclic) bond motifs is 1. The molecule has 1 heterocycles. The summed E-state index contributed by atoms with van der Waals surface area (Å²) in [6.45, 7) is 2.56. The van der Waals surface area contributed by atoms with Crippen LogP contribution in [-0.2, 0) is 11.2 Å². The van der Waals surface area contributed by atoms with Gasteiger partial charge in [0.15, 0.2) is 0 Å². The van der Waals surface area contributed by atoms with Crippen LogP contribution in [0, 0.1) is 11.6 Å². The van der Waals surface area contributed by atoms with E-state index in [4.69, 9.17) is 4.74 Å². The van der Waals surface area contributed by atoms with Crippen molar-refractivity contribution >= 4 is 12.0 Å². The number of hydrogen-bond acceptors (Lipinski definition) is 2. The van der Waals surface area contributed by atoms with E-state index in [-0.39, 0.29) is 17.5 Å². The molecule has 0 aliphatic carbocycles. The molecule has 24 heavy (non-hydrogen) atoms. The number of ether oxygens (including phenoxy) is 1. The Morgan fingerprint density at radius 3 is 2.88 bits per heavy atom. The van der Waals surface area contributed by atoms with Gasteiger partial charge in [-0.15, -0.1) is 0 Å². The monoisotopic (exact) mass is 329 g/mol. The van der Waals surface area contributed by atoms with Crippen LogP contribution < -0.4 is 10.1 Å². The molecule has 3 nitrogen and oxygen atoms in total. The van der Waals surface area contributed by atoms with Crippen molar-refractivity contribution < 1.29 is 18.3 Å². The molecule has 0 saturated carbocycles. The Morgan fingerprint density at radius 2 is 2.08 bits per heavy atom. The van der Waals surface area contributed by atoms with Gasteiger partial charge in [-0.25, -0.2) is 8.78 Å². The lowest BCUT2D eigenvalue weighted by Crippen LogP contribution is -2.24. The zero-order valence-corrected chi connectivity index (χ0v) is 13.2. The number of nitrogens with one attached hydrogen (secondary N) is 1. The van der Waals surface area contributed by atoms with Crippen LogP contribution in [0.2, 0.25) is 0 Å². The highest BCUT2D eigenvalue weighted by Crippen LogP contribution is 2.28. The highest BCUT2D eigenvalue weighted by molar-refractivity contribution is 5.92. The average molecular weight is 329 g/mol. The summed E-state index contributed by atoms with van der Waals surface area (Å²) in [5.41, 5.74) is 2.28. The number of rotatable bonds is 4. The molecule has 0 aromatic heterocycles. The molecule has 1 N–H and O–H groups in total. The van der Waals surface area contributed by atoms with Crippen molar-refractivity contribution in [1.29, 1.82) is 0 Å². The number of halogens is 2. The summed E-state index contributed by atoms with van der Waals surface area (Å²) < 4.78 is 31.8. The fraction of sp³-hybridized carbons (Fsp3) is 0.211. The maximum atomic E-state index is 13.5. The van der Waals surface area contributed by atoms with E-state index in [0.29, 0.717) is 6.61 Å². The zero-order valence-electron chi connectivity index (χ0n) is 13.2. The Balaban J connectivity index is 1.64. The Labute approximate surface area is 139 Å². The molecule has 1 atom stereocenters. The summed E-state index contributed by atoms with van der Waals surface area (Å²) in [7, 11) is 0. The van der Waals surface area contributed by atoms with Gasteiger partial charge in [-0.3, -0.25) is 4.79 Å². The Morgan fingerprint density at radius 1 is 1.25 bits per heavy atom. The van der Waals surface area contributed by atoms with Crippen LogP contribution in [-0.4, -0.2) is 12.5 Å². The topological polar surface area (TPSA) is 38.3 Å². The van der Waals surface area contributed by atoms with Crippen molar-refractivity contribution in [3.8, 4) is 5.75 Å². The third-order valence-corrected chi connectivity index (χ3v) is 3.95. The highest BCUT2D eigenvalue weighted by Gasteiger charge is 2.15. The average Bonchev–Trinajstić information content (AvgIpc) is 3.01. The Kier molecular flexibility index (Phi) is 4.60. The fourth-order valence-electron chi connectivity index (χ4n) is 2.62. The van der Waals surface area contributed by atoms with Crippen molar-refractivity contribution in [3.05, 3.63) is 70.8 Å². The van der Waals surface area contributed by atoms with E-state index in [1.54, 1.807) is 0 Å². The van der Waals surface area contributed by atoms with Gasteiger partial charge in [0.1, 0.15) is 17.4 Å². The van der Waals surface area contributed by atoms with Crippen molar-refractivity contribution in [2.75, 3.05) is 6.61 Å². The second-order valence-corrected chi connectivity index (χ2v) is 5.70. The second kappa shape index (κ2) is 6.83. The van der Waals surface area contributed by atoms with Gasteiger partial charge >= 0.3 is 0 Å². The molecule has 2 aromatic carbocycles. The van der Waals surface area contributed by atoms with Crippen molar-refractivity contribution in [2.24, 2.45) is 0 Å². The minimum atomic E-state index is -0.703. The molecule has 0 fully saturated rings. The molecule has 0 saturated heterocycles. The van der Waals surface area contributed by atoms with Crippen molar-refractivity contribution in [2.45, 2.75) is 19.4 Å². The molecule has 1 amide bonds. The van der Waals surface area contributed by atoms with Crippen LogP contribution >= 0.6 is 0 Å². The van der Waals surface area contributed by atoms with E-state index in [1.165, 1.54) is 18.2 Å². The lowest BCUT2D eigenvalue weighted by atomic mass is 10.0. The van der Waals surface area contributed by atoms with Gasteiger partial charge in [0, 0.05) is 24.1 Å². The molecule has 1 aliphatic rings. The lowest BCUT2D eigenvalue weighted by Gasteiger charge is -2.14. The van der Waals surface area contributed by atoms with Crippen LogP contribution in [0.5, 0.6) is 5.75 Å². The van der Waals surface area contributed by atoms with E-state index < -0.39 is 11.6 Å². The SMILES string of the molecule is CC(NC(=O)C=Cc1ccc(F)cc1F)c1ccc2c(c1)CCO2. The zero-order chi connectivity index (χ0) is 17.1. The predicted molar refractivity (Wildman–Crippen MR) is 87.6 cm³/mol. The predicted octanol–water partition coefficient (Wildman–Crippen LogP) is 3.79. The minimum absolute atomic E-state index is 0.161. The molecule has 124 valence electrons. The number of carbonyl (C=O) groups excluding carboxylic acids is 1. The van der Waals surface area contributed by atoms with Gasteiger partial charge in [0.05, 0.1) is 12.6 Å². The van der Waals surface area contributed by atoms with Gasteiger partial charge in [0.25, 0.3) is 0 Å². The van der Waals surface area contributed by atoms with Gasteiger partial charge in [-0.1, -0.05) is 6.07 Å². The maximum Gasteiger partial charge on any atom is 0.244 e. The van der Waals surface area contributed by atoms with Gasteiger partial charge < -0.3 is 10.1 Å². The molecule has 0 bridgehead atoms. The van der Waals surface area contributed by atoms with E-state index in [1.807, 2.05) is 25.1 Å². The number of benzene rings is 2. The summed E-state index contributed by atoms with van der Waals surface area (Å²) in [6, 6.07) is 8.88. The first-order valence-corrected chi connectivity index (χ1v) is 7.72. The maximum absolute atomic E-state index is 13.5. The van der Waals surface area contributed by atoms with Crippen LogP contribution in [0.3, 0.4) is 0 Å². The van der Waals surface area contributed by atoms with Gasteiger partial charge in [-0.05, 0) is 48.4 Å². The second-order valence-electron chi connectivity index (χ2n) is 5.70. The van der Waals surface area contributed by atoms with Gasteiger partial charge in [0.2, 0.25) is 5.91 Å². The molecule has 2 aromatic rings. The largest absolute Gasteiger partial charge is 0.493 e. The number of amides is 1. The van der Waals surface area contributed by atoms with Crippen LogP contribution in [0.4, 0.5) is 8.78 Å². The van der Waals surface area contributed by atoms with E-state index in [9.17, 15) is 13.6 Å². The van der Waals surface area contributed by atoms with Crippen LogP contribution in [0.1, 0.15) is 29.7 Å². The quantitative estimate of drug-likeness (QED) is 0.867. The van der Waals surface area contributed by atoms with E-state index in [2.05, 4.69) is 5.32 Å². The summed E-state index contributed by atoms with van der Waals surface area (Å²) >= 11 is 0. The number of carbonyl (C=O) groups is 1. The molecule has 5 heteroatoms. The standard InChI is InChI=1S/C19H17F2NO2/c1-12(14-3-6-18-15(10-14)8-9-24-18)22-19(23)7-4-13-2-5-16(20)11-17(13)21/h2-7,10-12H,8-9H2,1H3,(H,22,23). The summed E-state index contributed by atoms with van der Waals surface area (Å²) in [4.78, 5) is 12.0. The molecule has 1 aliphatic heterocycles. The molecule has 1 unspecified atom stereocenters. The minimum Gasteiger partial charge on any atom is -0.493 e. The molecular weight excluding hydrogens is 312 g/mol. The lowest BCUT2D eigenvalue weighted by molar-refractivity contribution is -0.117. The Hall–Kier alpha value is -2.69. The Bertz CT molecular complexity index is 802. The highest BCUT2D eigenvalue weighted by atomic mass is 19.1. The third-order valence-electron chi connectivity index (χ3n) is 3.95. The van der Waals surface area contributed by atoms with Crippen LogP contribution in [0.25, 0.3) is 6.08 Å². The molecule has 0 radical (unpaired) electrons. The first-order valence-electron chi connectivity index (χ1n) is 7.72. The smallest absolute Gasteiger partial charge is 0.244 e. The fourth-order valence-corrected chi connectivity index (χ4v) is 2.62. The van der Waals surface area contributed by atoms with E-state index in [0.717, 1.165) is 35.4 Å². The van der Waals surface area contributed by atoms with Crippen molar-refractivity contribution in [3.63, 3.8) is 0 Å². The summed E-state index contributed by atoms with van der Waals surface area (Å²) in [5.74, 6) is -0.805. The van der Waals surface area contributed by atoms with Crippen LogP contribution in [0.15, 0.2) is 42.5 Å². The number of hydrogen-bond donors (Lipinski definition) is 1.